The first-order chi connectivity index (χ1) is 14.6. The van der Waals surface area contributed by atoms with Gasteiger partial charge in [0.15, 0.2) is 6.61 Å². The molecule has 1 N–H and O–H groups in total. The summed E-state index contributed by atoms with van der Waals surface area (Å²) >= 11 is 4.98. The second-order valence-electron chi connectivity index (χ2n) is 8.96. The van der Waals surface area contributed by atoms with Gasteiger partial charge in [0.2, 0.25) is 0 Å². The Labute approximate surface area is 196 Å². The number of fused-ring (bicyclic) bond motifs is 1. The van der Waals surface area contributed by atoms with Crippen LogP contribution in [0.5, 0.6) is 5.75 Å². The first kappa shape index (κ1) is 23.8. The molecule has 1 aliphatic carbocycles. The van der Waals surface area contributed by atoms with E-state index in [0.717, 1.165) is 35.7 Å². The van der Waals surface area contributed by atoms with Gasteiger partial charge in [0.25, 0.3) is 5.91 Å². The number of esters is 1. The molecular weight excluding hydrogens is 478 g/mol. The molecule has 1 aromatic carbocycles. The highest BCUT2D eigenvalue weighted by atomic mass is 79.9. The Bertz CT molecular complexity index is 977. The first-order valence-electron chi connectivity index (χ1n) is 10.6. The van der Waals surface area contributed by atoms with Crippen molar-refractivity contribution in [3.8, 4) is 5.75 Å². The molecule has 0 saturated carbocycles. The van der Waals surface area contributed by atoms with Crippen LogP contribution in [-0.2, 0) is 28.8 Å². The van der Waals surface area contributed by atoms with E-state index in [2.05, 4.69) is 48.9 Å². The van der Waals surface area contributed by atoms with Crippen molar-refractivity contribution in [2.75, 3.05) is 19.0 Å². The van der Waals surface area contributed by atoms with Crippen LogP contribution in [0.4, 0.5) is 5.00 Å². The van der Waals surface area contributed by atoms with Crippen LogP contribution in [0.25, 0.3) is 0 Å². The van der Waals surface area contributed by atoms with Gasteiger partial charge in [0.1, 0.15) is 10.8 Å². The van der Waals surface area contributed by atoms with Crippen molar-refractivity contribution in [3.63, 3.8) is 0 Å². The van der Waals surface area contributed by atoms with Crippen molar-refractivity contribution in [3.05, 3.63) is 44.2 Å². The molecule has 1 aromatic heterocycles. The molecule has 5 nitrogen and oxygen atoms in total. The average Bonchev–Trinajstić information content (AvgIpc) is 3.08. The topological polar surface area (TPSA) is 64.6 Å². The lowest BCUT2D eigenvalue weighted by atomic mass is 9.72. The van der Waals surface area contributed by atoms with Crippen molar-refractivity contribution in [1.82, 2.24) is 0 Å². The molecule has 1 heterocycles. The number of benzene rings is 1. The number of hydrogen-bond acceptors (Lipinski definition) is 5. The molecule has 0 spiro atoms. The molecule has 0 fully saturated rings. The van der Waals surface area contributed by atoms with Gasteiger partial charge in [-0.15, -0.1) is 11.3 Å². The van der Waals surface area contributed by atoms with Gasteiger partial charge < -0.3 is 14.8 Å². The van der Waals surface area contributed by atoms with Crippen LogP contribution in [0.2, 0.25) is 0 Å². The summed E-state index contributed by atoms with van der Waals surface area (Å²) in [6, 6.07) is 5.82. The van der Waals surface area contributed by atoms with E-state index in [1.165, 1.54) is 28.9 Å². The molecule has 1 amide bonds. The lowest BCUT2D eigenvalue weighted by Gasteiger charge is -2.33. The molecule has 7 heteroatoms. The van der Waals surface area contributed by atoms with E-state index in [1.54, 1.807) is 0 Å². The molecular formula is C24H30BrNO4S. The average molecular weight is 508 g/mol. The van der Waals surface area contributed by atoms with E-state index in [1.807, 2.05) is 18.2 Å². The summed E-state index contributed by atoms with van der Waals surface area (Å²) in [5.74, 6) is 0.446. The third kappa shape index (κ3) is 5.50. The van der Waals surface area contributed by atoms with Crippen molar-refractivity contribution in [1.29, 1.82) is 0 Å². The number of ether oxygens (including phenoxy) is 2. The number of rotatable bonds is 6. The van der Waals surface area contributed by atoms with Gasteiger partial charge in [-0.25, -0.2) is 4.79 Å². The van der Waals surface area contributed by atoms with Gasteiger partial charge in [-0.3, -0.25) is 4.79 Å². The highest BCUT2D eigenvalue weighted by Crippen LogP contribution is 2.44. The molecule has 31 heavy (non-hydrogen) atoms. The van der Waals surface area contributed by atoms with E-state index in [4.69, 9.17) is 9.47 Å². The Balaban J connectivity index is 1.75. The normalized spacial score (nSPS) is 15.9. The summed E-state index contributed by atoms with van der Waals surface area (Å²) in [6.45, 7) is 8.70. The second-order valence-corrected chi connectivity index (χ2v) is 10.9. The lowest BCUT2D eigenvalue weighted by molar-refractivity contribution is -0.118. The smallest absolute Gasteiger partial charge is 0.341 e. The summed E-state index contributed by atoms with van der Waals surface area (Å²) in [6.07, 6.45) is 3.68. The SMILES string of the molecule is CCc1ccc(OCC(=O)Nc2sc3c(c2C(=O)OC)CCC(C(C)(C)C)C3)c(Br)c1. The molecule has 1 aliphatic rings. The molecule has 1 atom stereocenters. The minimum absolute atomic E-state index is 0.141. The van der Waals surface area contributed by atoms with E-state index >= 15 is 0 Å². The number of carbonyl (C=O) groups is 2. The fraction of sp³-hybridized carbons (Fsp3) is 0.500. The zero-order chi connectivity index (χ0) is 22.8. The van der Waals surface area contributed by atoms with Gasteiger partial charge in [0, 0.05) is 4.88 Å². The number of aryl methyl sites for hydroxylation is 1. The highest BCUT2D eigenvalue weighted by Gasteiger charge is 2.34. The first-order valence-corrected chi connectivity index (χ1v) is 12.2. The molecule has 0 radical (unpaired) electrons. The van der Waals surface area contributed by atoms with Crippen molar-refractivity contribution < 1.29 is 19.1 Å². The molecule has 0 aliphatic heterocycles. The fourth-order valence-electron chi connectivity index (χ4n) is 3.92. The van der Waals surface area contributed by atoms with Crippen molar-refractivity contribution in [2.24, 2.45) is 11.3 Å². The number of amides is 1. The third-order valence-electron chi connectivity index (χ3n) is 5.90. The van der Waals surface area contributed by atoms with Crippen LogP contribution in [0.15, 0.2) is 22.7 Å². The van der Waals surface area contributed by atoms with E-state index in [-0.39, 0.29) is 17.9 Å². The molecule has 3 rings (SSSR count). The summed E-state index contributed by atoms with van der Waals surface area (Å²) in [5.41, 5.74) is 2.90. The molecule has 168 valence electrons. The van der Waals surface area contributed by atoms with E-state index < -0.39 is 5.97 Å². The van der Waals surface area contributed by atoms with Crippen molar-refractivity contribution in [2.45, 2.75) is 53.4 Å². The quantitative estimate of drug-likeness (QED) is 0.484. The van der Waals surface area contributed by atoms with Crippen LogP contribution in [0.3, 0.4) is 0 Å². The predicted octanol–water partition coefficient (Wildman–Crippen LogP) is 6.03. The van der Waals surface area contributed by atoms with Crippen LogP contribution < -0.4 is 10.1 Å². The number of carbonyl (C=O) groups excluding carboxylic acids is 2. The summed E-state index contributed by atoms with van der Waals surface area (Å²) in [5, 5.41) is 3.44. The monoisotopic (exact) mass is 507 g/mol. The van der Waals surface area contributed by atoms with Crippen LogP contribution in [0.1, 0.15) is 60.5 Å². The van der Waals surface area contributed by atoms with Gasteiger partial charge in [-0.05, 0) is 76.2 Å². The minimum Gasteiger partial charge on any atom is -0.483 e. The minimum atomic E-state index is -0.402. The second kappa shape index (κ2) is 9.74. The maximum Gasteiger partial charge on any atom is 0.341 e. The third-order valence-corrected chi connectivity index (χ3v) is 7.69. The van der Waals surface area contributed by atoms with E-state index in [9.17, 15) is 9.59 Å². The van der Waals surface area contributed by atoms with E-state index in [0.29, 0.717) is 22.2 Å². The summed E-state index contributed by atoms with van der Waals surface area (Å²) in [4.78, 5) is 26.3. The number of thiophene rings is 1. The van der Waals surface area contributed by atoms with Gasteiger partial charge >= 0.3 is 5.97 Å². The van der Waals surface area contributed by atoms with Gasteiger partial charge in [-0.2, -0.15) is 0 Å². The standard InChI is InChI=1S/C24H30BrNO4S/c1-6-14-7-10-18(17(25)11-14)30-13-20(27)26-22-21(23(28)29-5)16-9-8-15(24(2,3)4)12-19(16)31-22/h7,10-11,15H,6,8-9,12-13H2,1-5H3,(H,26,27). The summed E-state index contributed by atoms with van der Waals surface area (Å²) < 4.78 is 11.5. The zero-order valence-corrected chi connectivity index (χ0v) is 21.2. The Kier molecular flexibility index (Phi) is 7.47. The van der Waals surface area contributed by atoms with Crippen LogP contribution in [-0.4, -0.2) is 25.6 Å². The fourth-order valence-corrected chi connectivity index (χ4v) is 5.79. The Hall–Kier alpha value is -1.86. The number of halogens is 1. The van der Waals surface area contributed by atoms with Crippen LogP contribution >= 0.6 is 27.3 Å². The van der Waals surface area contributed by atoms with Crippen molar-refractivity contribution >= 4 is 44.1 Å². The lowest BCUT2D eigenvalue weighted by Crippen LogP contribution is -2.26. The van der Waals surface area contributed by atoms with Gasteiger partial charge in [-0.1, -0.05) is 33.8 Å². The number of hydrogen-bond donors (Lipinski definition) is 1. The number of nitrogens with one attached hydrogen (secondary N) is 1. The molecule has 0 bridgehead atoms. The molecule has 0 saturated heterocycles. The highest BCUT2D eigenvalue weighted by molar-refractivity contribution is 9.10. The number of anilines is 1. The Morgan fingerprint density at radius 1 is 1.29 bits per heavy atom. The molecule has 2 aromatic rings. The summed E-state index contributed by atoms with van der Waals surface area (Å²) in [7, 11) is 1.37. The number of methoxy groups -OCH3 is 1. The van der Waals surface area contributed by atoms with Gasteiger partial charge in [0.05, 0.1) is 17.1 Å². The maximum atomic E-state index is 12.6. The zero-order valence-electron chi connectivity index (χ0n) is 18.8. The Morgan fingerprint density at radius 2 is 2.03 bits per heavy atom. The largest absolute Gasteiger partial charge is 0.483 e. The molecule has 1 unspecified atom stereocenters. The Morgan fingerprint density at radius 3 is 2.65 bits per heavy atom. The van der Waals surface area contributed by atoms with Crippen LogP contribution in [0, 0.1) is 11.3 Å². The predicted molar refractivity (Wildman–Crippen MR) is 128 cm³/mol. The maximum absolute atomic E-state index is 12.6.